The summed E-state index contributed by atoms with van der Waals surface area (Å²) in [6.07, 6.45) is 4.61. The fourth-order valence-electron chi connectivity index (χ4n) is 3.37. The van der Waals surface area contributed by atoms with E-state index in [0.717, 1.165) is 42.1 Å². The average molecular weight is 421 g/mol. The van der Waals surface area contributed by atoms with Crippen LogP contribution in [0.4, 0.5) is 0 Å². The number of amides is 1. The van der Waals surface area contributed by atoms with Gasteiger partial charge < -0.3 is 14.8 Å². The molecule has 1 aliphatic heterocycles. The Kier molecular flexibility index (Phi) is 7.76. The van der Waals surface area contributed by atoms with Crippen molar-refractivity contribution in [2.45, 2.75) is 46.1 Å². The zero-order valence-corrected chi connectivity index (χ0v) is 17.8. The average Bonchev–Trinajstić information content (AvgIpc) is 3.35. The number of hydrogen-bond donors (Lipinski definition) is 1. The van der Waals surface area contributed by atoms with Crippen LogP contribution < -0.4 is 5.32 Å². The van der Waals surface area contributed by atoms with Crippen LogP contribution in [0.5, 0.6) is 0 Å². The minimum Gasteiger partial charge on any atom is -0.461 e. The monoisotopic (exact) mass is 420 g/mol. The van der Waals surface area contributed by atoms with Crippen molar-refractivity contribution >= 4 is 23.4 Å². The molecule has 8 nitrogen and oxygen atoms in total. The number of nitrogens with zero attached hydrogens (tertiary/aromatic N) is 3. The topological polar surface area (TPSA) is 95.3 Å². The van der Waals surface area contributed by atoms with Gasteiger partial charge in [-0.3, -0.25) is 9.48 Å². The number of carbonyl (C=O) groups excluding carboxylic acids is 2. The number of aromatic nitrogens is 3. The van der Waals surface area contributed by atoms with Gasteiger partial charge in [0.2, 0.25) is 0 Å². The van der Waals surface area contributed by atoms with Crippen molar-refractivity contribution < 1.29 is 19.1 Å². The summed E-state index contributed by atoms with van der Waals surface area (Å²) in [5.41, 5.74) is 2.53. The van der Waals surface area contributed by atoms with E-state index in [1.165, 1.54) is 0 Å². The molecular weight excluding hydrogens is 392 g/mol. The Labute approximate surface area is 174 Å². The van der Waals surface area contributed by atoms with Gasteiger partial charge in [-0.2, -0.15) is 5.10 Å². The van der Waals surface area contributed by atoms with E-state index in [-0.39, 0.29) is 17.8 Å². The summed E-state index contributed by atoms with van der Waals surface area (Å²) in [5, 5.41) is 7.69. The highest BCUT2D eigenvalue weighted by Crippen LogP contribution is 2.21. The highest BCUT2D eigenvalue weighted by molar-refractivity contribution is 7.07. The first-order valence-corrected chi connectivity index (χ1v) is 10.9. The molecule has 1 amide bonds. The van der Waals surface area contributed by atoms with Crippen LogP contribution in [-0.2, 0) is 28.9 Å². The molecule has 29 heavy (non-hydrogen) atoms. The van der Waals surface area contributed by atoms with Crippen molar-refractivity contribution in [2.24, 2.45) is 5.92 Å². The van der Waals surface area contributed by atoms with Crippen LogP contribution in [0.25, 0.3) is 0 Å². The van der Waals surface area contributed by atoms with E-state index in [2.05, 4.69) is 9.69 Å². The normalized spacial score (nSPS) is 16.4. The molecule has 0 aliphatic carbocycles. The van der Waals surface area contributed by atoms with Gasteiger partial charge in [0.05, 0.1) is 12.3 Å². The lowest BCUT2D eigenvalue weighted by molar-refractivity contribution is 0.0454. The van der Waals surface area contributed by atoms with Crippen LogP contribution in [0.3, 0.4) is 0 Å². The van der Waals surface area contributed by atoms with Gasteiger partial charge in [0.15, 0.2) is 0 Å². The van der Waals surface area contributed by atoms with Crippen LogP contribution >= 0.6 is 11.5 Å². The molecule has 3 heterocycles. The summed E-state index contributed by atoms with van der Waals surface area (Å²) >= 11 is 1.12. The van der Waals surface area contributed by atoms with Crippen molar-refractivity contribution in [3.8, 4) is 0 Å². The summed E-state index contributed by atoms with van der Waals surface area (Å²) < 4.78 is 16.8. The predicted molar refractivity (Wildman–Crippen MR) is 109 cm³/mol. The standard InChI is InChI=1S/C20H28N4O4S/c1-3-24-18-15(6-4-10-27-11-5-8-21-19(18)25)16(23-24)12-14(2)13-28-20(26)17-7-9-22-29-17/h7,9,14H,3-6,8,10-13H2,1-2H3,(H,21,25)/t14-/m1/s1. The van der Waals surface area contributed by atoms with Crippen LogP contribution in [0.1, 0.15) is 58.1 Å². The third-order valence-corrected chi connectivity index (χ3v) is 5.52. The number of aryl methyl sites for hydroxylation is 1. The summed E-state index contributed by atoms with van der Waals surface area (Å²) in [7, 11) is 0. The number of fused-ring (bicyclic) bond motifs is 1. The van der Waals surface area contributed by atoms with E-state index in [0.29, 0.717) is 49.9 Å². The Bertz CT molecular complexity index is 819. The molecule has 158 valence electrons. The molecule has 1 atom stereocenters. The van der Waals surface area contributed by atoms with Crippen LogP contribution in [-0.4, -0.2) is 52.4 Å². The first kappa shape index (κ1) is 21.4. The summed E-state index contributed by atoms with van der Waals surface area (Å²) in [6.45, 7) is 6.84. The highest BCUT2D eigenvalue weighted by atomic mass is 32.1. The molecule has 0 aromatic carbocycles. The second-order valence-corrected chi connectivity index (χ2v) is 8.03. The minimum absolute atomic E-state index is 0.0771. The zero-order valence-electron chi connectivity index (χ0n) is 17.0. The SMILES string of the molecule is CCn1nc(C[C@@H](C)COC(=O)c2ccns2)c2c1C(=O)NCCCOCCC2. The van der Waals surface area contributed by atoms with Crippen molar-refractivity contribution in [3.05, 3.63) is 34.1 Å². The molecule has 9 heteroatoms. The second-order valence-electron chi connectivity index (χ2n) is 7.20. The number of carbonyl (C=O) groups is 2. The third kappa shape index (κ3) is 5.63. The minimum atomic E-state index is -0.353. The van der Waals surface area contributed by atoms with Crippen LogP contribution in [0.15, 0.2) is 12.3 Å². The summed E-state index contributed by atoms with van der Waals surface area (Å²) in [5.74, 6) is -0.352. The van der Waals surface area contributed by atoms with E-state index in [1.807, 2.05) is 13.8 Å². The Morgan fingerprint density at radius 2 is 2.24 bits per heavy atom. The molecule has 0 fully saturated rings. The van der Waals surface area contributed by atoms with Gasteiger partial charge in [-0.15, -0.1) is 0 Å². The quantitative estimate of drug-likeness (QED) is 0.722. The Hall–Kier alpha value is -2.26. The lowest BCUT2D eigenvalue weighted by atomic mass is 9.99. The molecule has 3 rings (SSSR count). The fraction of sp³-hybridized carbons (Fsp3) is 0.600. The molecule has 1 aliphatic rings. The molecule has 0 bridgehead atoms. The highest BCUT2D eigenvalue weighted by Gasteiger charge is 2.24. The Morgan fingerprint density at radius 1 is 1.41 bits per heavy atom. The molecular formula is C20H28N4O4S. The van der Waals surface area contributed by atoms with Crippen LogP contribution in [0.2, 0.25) is 0 Å². The first-order valence-electron chi connectivity index (χ1n) is 10.1. The van der Waals surface area contributed by atoms with Gasteiger partial charge >= 0.3 is 5.97 Å². The number of rotatable bonds is 6. The van der Waals surface area contributed by atoms with Crippen molar-refractivity contribution in [1.82, 2.24) is 19.5 Å². The fourth-order valence-corrected chi connectivity index (χ4v) is 3.86. The molecule has 2 aromatic rings. The van der Waals surface area contributed by atoms with Crippen molar-refractivity contribution in [1.29, 1.82) is 0 Å². The van der Waals surface area contributed by atoms with Gasteiger partial charge in [0.1, 0.15) is 10.6 Å². The maximum atomic E-state index is 12.8. The van der Waals surface area contributed by atoms with Crippen LogP contribution in [0, 0.1) is 5.92 Å². The van der Waals surface area contributed by atoms with E-state index < -0.39 is 0 Å². The smallest absolute Gasteiger partial charge is 0.349 e. The zero-order chi connectivity index (χ0) is 20.6. The summed E-state index contributed by atoms with van der Waals surface area (Å²) in [4.78, 5) is 25.3. The number of nitrogens with one attached hydrogen (secondary N) is 1. The number of hydrogen-bond acceptors (Lipinski definition) is 7. The molecule has 0 saturated heterocycles. The lowest BCUT2D eigenvalue weighted by Crippen LogP contribution is -2.28. The Morgan fingerprint density at radius 3 is 3.00 bits per heavy atom. The van der Waals surface area contributed by atoms with E-state index >= 15 is 0 Å². The van der Waals surface area contributed by atoms with E-state index in [9.17, 15) is 9.59 Å². The predicted octanol–water partition coefficient (Wildman–Crippen LogP) is 2.48. The second kappa shape index (κ2) is 10.5. The molecule has 0 unspecified atom stereocenters. The lowest BCUT2D eigenvalue weighted by Gasteiger charge is -2.12. The van der Waals surface area contributed by atoms with Crippen molar-refractivity contribution in [2.75, 3.05) is 26.4 Å². The van der Waals surface area contributed by atoms with Gasteiger partial charge in [-0.25, -0.2) is 9.17 Å². The third-order valence-electron chi connectivity index (χ3n) is 4.79. The van der Waals surface area contributed by atoms with Crippen molar-refractivity contribution in [3.63, 3.8) is 0 Å². The Balaban J connectivity index is 1.72. The number of ether oxygens (including phenoxy) is 2. The summed E-state index contributed by atoms with van der Waals surface area (Å²) in [6, 6.07) is 1.65. The molecule has 0 radical (unpaired) electrons. The maximum absolute atomic E-state index is 12.8. The molecule has 1 N–H and O–H groups in total. The first-order chi connectivity index (χ1) is 14.1. The number of esters is 1. The molecule has 0 saturated carbocycles. The van der Waals surface area contributed by atoms with Gasteiger partial charge in [0.25, 0.3) is 5.91 Å². The van der Waals surface area contributed by atoms with Gasteiger partial charge in [-0.1, -0.05) is 6.92 Å². The maximum Gasteiger partial charge on any atom is 0.349 e. The van der Waals surface area contributed by atoms with Gasteiger partial charge in [-0.05, 0) is 56.1 Å². The van der Waals surface area contributed by atoms with Gasteiger partial charge in [0, 0.05) is 38.1 Å². The molecule has 0 spiro atoms. The van der Waals surface area contributed by atoms with E-state index in [1.54, 1.807) is 16.9 Å². The molecule has 2 aromatic heterocycles. The van der Waals surface area contributed by atoms with E-state index in [4.69, 9.17) is 14.6 Å². The largest absolute Gasteiger partial charge is 0.461 e.